The molecule has 0 N–H and O–H groups in total. The average molecular weight is 572 g/mol. The second-order valence-electron chi connectivity index (χ2n) is 13.1. The molecule has 1 aliphatic heterocycles. The Balaban J connectivity index is 1.62. The molecule has 1 saturated carbocycles. The van der Waals surface area contributed by atoms with Crippen LogP contribution in [-0.4, -0.2) is 35.7 Å². The van der Waals surface area contributed by atoms with E-state index in [2.05, 4.69) is 75.9 Å². The number of aryl methyl sites for hydroxylation is 1. The monoisotopic (exact) mass is 571 g/mol. The van der Waals surface area contributed by atoms with E-state index in [4.69, 9.17) is 23.9 Å². The maximum atomic E-state index is 6.89. The van der Waals surface area contributed by atoms with Gasteiger partial charge in [0, 0.05) is 29.3 Å². The molecular weight excluding hydrogens is 526 g/mol. The minimum atomic E-state index is -1.85. The number of fused-ring (bicyclic) bond motifs is 1. The molecule has 0 amide bonds. The Morgan fingerprint density at radius 2 is 1.78 bits per heavy atom. The van der Waals surface area contributed by atoms with Gasteiger partial charge >= 0.3 is 0 Å². The minimum Gasteiger partial charge on any atom is -0.454 e. The summed E-state index contributed by atoms with van der Waals surface area (Å²) in [7, 11) is -1.85. The fourth-order valence-corrected chi connectivity index (χ4v) is 7.42. The van der Waals surface area contributed by atoms with Gasteiger partial charge in [-0.15, -0.1) is 13.2 Å². The number of allylic oxidation sites excluding steroid dienone is 2. The summed E-state index contributed by atoms with van der Waals surface area (Å²) in [6.45, 7) is 22.9. The molecule has 3 aromatic rings. The average Bonchev–Trinajstić information content (AvgIpc) is 3.54. The van der Waals surface area contributed by atoms with Crippen molar-refractivity contribution >= 4 is 8.32 Å². The molecule has 0 atom stereocenters. The predicted octanol–water partition coefficient (Wildman–Crippen LogP) is 8.61. The van der Waals surface area contributed by atoms with Crippen molar-refractivity contribution in [2.24, 2.45) is 0 Å². The van der Waals surface area contributed by atoms with Gasteiger partial charge < -0.3 is 18.5 Å². The van der Waals surface area contributed by atoms with Gasteiger partial charge in [0.2, 0.25) is 6.79 Å². The fraction of sp³-hybridized carbons (Fsp3) is 0.471. The summed E-state index contributed by atoms with van der Waals surface area (Å²) < 4.78 is 20.6. The Kier molecular flexibility index (Phi) is 8.05. The predicted molar refractivity (Wildman–Crippen MR) is 169 cm³/mol. The molecule has 218 valence electrons. The molecular formula is C34H45N3O3Si. The van der Waals surface area contributed by atoms with Crippen molar-refractivity contribution in [3.05, 3.63) is 73.2 Å². The molecule has 0 saturated heterocycles. The van der Waals surface area contributed by atoms with Gasteiger partial charge in [-0.3, -0.25) is 4.98 Å². The summed E-state index contributed by atoms with van der Waals surface area (Å²) in [4.78, 5) is 10.4. The first-order chi connectivity index (χ1) is 19.5. The number of pyridine rings is 1. The van der Waals surface area contributed by atoms with Gasteiger partial charge in [-0.1, -0.05) is 39.0 Å². The van der Waals surface area contributed by atoms with Crippen molar-refractivity contribution in [2.75, 3.05) is 6.79 Å². The molecule has 0 spiro atoms. The van der Waals surface area contributed by atoms with Crippen LogP contribution < -0.4 is 9.47 Å². The molecule has 6 nitrogen and oxygen atoms in total. The normalized spacial score (nSPS) is 20.7. The van der Waals surface area contributed by atoms with Gasteiger partial charge in [0.05, 0.1) is 17.1 Å². The number of hydrogen-bond donors (Lipinski definition) is 0. The molecule has 2 aromatic heterocycles. The lowest BCUT2D eigenvalue weighted by atomic mass is 9.70. The summed E-state index contributed by atoms with van der Waals surface area (Å²) in [6, 6.07) is 12.3. The molecule has 1 aromatic carbocycles. The summed E-state index contributed by atoms with van der Waals surface area (Å²) in [5, 5.41) is 0.193. The van der Waals surface area contributed by atoms with E-state index in [0.29, 0.717) is 6.54 Å². The summed E-state index contributed by atoms with van der Waals surface area (Å²) in [5.41, 5.74) is 4.62. The molecule has 0 bridgehead atoms. The molecule has 0 radical (unpaired) electrons. The molecule has 7 heteroatoms. The van der Waals surface area contributed by atoms with Gasteiger partial charge in [0.15, 0.2) is 19.8 Å². The first kappa shape index (κ1) is 29.3. The zero-order chi connectivity index (χ0) is 29.4. The zero-order valence-corrected chi connectivity index (χ0v) is 26.6. The Labute approximate surface area is 246 Å². The summed E-state index contributed by atoms with van der Waals surface area (Å²) in [5.74, 6) is 2.58. The van der Waals surface area contributed by atoms with E-state index in [0.717, 1.165) is 77.8 Å². The lowest BCUT2D eigenvalue weighted by Gasteiger charge is -2.44. The Morgan fingerprint density at radius 1 is 1.05 bits per heavy atom. The third-order valence-electron chi connectivity index (χ3n) is 9.22. The van der Waals surface area contributed by atoms with Crippen LogP contribution in [0.3, 0.4) is 0 Å². The van der Waals surface area contributed by atoms with Crippen LogP contribution in [0.1, 0.15) is 64.4 Å². The molecule has 2 aliphatic rings. The van der Waals surface area contributed by atoms with E-state index in [-0.39, 0.29) is 23.4 Å². The van der Waals surface area contributed by atoms with Crippen LogP contribution >= 0.6 is 0 Å². The zero-order valence-electron chi connectivity index (χ0n) is 25.6. The highest BCUT2D eigenvalue weighted by Gasteiger charge is 2.44. The van der Waals surface area contributed by atoms with E-state index in [1.165, 1.54) is 0 Å². The van der Waals surface area contributed by atoms with Crippen LogP contribution in [0.4, 0.5) is 0 Å². The van der Waals surface area contributed by atoms with Crippen LogP contribution in [0, 0.1) is 6.92 Å². The Bertz CT molecular complexity index is 1430. The van der Waals surface area contributed by atoms with Crippen molar-refractivity contribution < 1.29 is 13.9 Å². The SMILES string of the molecule is C=CCn1c(C2(CC=C)CCC(O[Si](C)(C)C(C)(C)C)CC2)nc(-c2ccc3c(c2)OCO3)c1-c1cccc(C)n1. The lowest BCUT2D eigenvalue weighted by molar-refractivity contribution is 0.0995. The van der Waals surface area contributed by atoms with Crippen LogP contribution in [0.25, 0.3) is 22.6 Å². The largest absolute Gasteiger partial charge is 0.454 e. The van der Waals surface area contributed by atoms with Crippen LogP contribution in [0.2, 0.25) is 18.1 Å². The summed E-state index contributed by atoms with van der Waals surface area (Å²) in [6.07, 6.45) is 9.17. The highest BCUT2D eigenvalue weighted by Crippen LogP contribution is 2.48. The lowest BCUT2D eigenvalue weighted by Crippen LogP contribution is -2.46. The number of imidazole rings is 1. The van der Waals surface area contributed by atoms with E-state index < -0.39 is 8.32 Å². The van der Waals surface area contributed by atoms with Crippen LogP contribution in [0.5, 0.6) is 11.5 Å². The second kappa shape index (κ2) is 11.3. The maximum Gasteiger partial charge on any atom is 0.231 e. The van der Waals surface area contributed by atoms with Crippen molar-refractivity contribution in [3.8, 4) is 34.1 Å². The van der Waals surface area contributed by atoms with Gasteiger partial charge in [0.1, 0.15) is 5.82 Å². The number of benzene rings is 1. The molecule has 41 heavy (non-hydrogen) atoms. The van der Waals surface area contributed by atoms with E-state index >= 15 is 0 Å². The van der Waals surface area contributed by atoms with Crippen molar-refractivity contribution in [1.82, 2.24) is 14.5 Å². The van der Waals surface area contributed by atoms with Crippen LogP contribution in [-0.2, 0) is 16.4 Å². The highest BCUT2D eigenvalue weighted by molar-refractivity contribution is 6.74. The Morgan fingerprint density at radius 3 is 2.44 bits per heavy atom. The second-order valence-corrected chi connectivity index (χ2v) is 17.9. The maximum absolute atomic E-state index is 6.89. The quantitative estimate of drug-likeness (QED) is 0.190. The summed E-state index contributed by atoms with van der Waals surface area (Å²) >= 11 is 0. The minimum absolute atomic E-state index is 0.148. The Hall–Kier alpha value is -3.16. The molecule has 3 heterocycles. The highest BCUT2D eigenvalue weighted by atomic mass is 28.4. The number of ether oxygens (including phenoxy) is 2. The molecule has 1 fully saturated rings. The van der Waals surface area contributed by atoms with E-state index in [1.807, 2.05) is 31.2 Å². The number of hydrogen-bond acceptors (Lipinski definition) is 5. The van der Waals surface area contributed by atoms with Crippen molar-refractivity contribution in [1.29, 1.82) is 0 Å². The number of rotatable bonds is 9. The van der Waals surface area contributed by atoms with Crippen molar-refractivity contribution in [2.45, 2.75) is 96.0 Å². The third-order valence-corrected chi connectivity index (χ3v) is 13.8. The standard InChI is InChI=1S/C34H45N3O3Si/c1-9-18-34(19-16-26(17-20-34)40-41(7,8)33(4,5)6)32-36-30(25-14-15-28-29(22-25)39-23-38-28)31(37(32)21-10-2)27-13-11-12-24(3)35-27/h9-15,22,26H,1-2,16-21,23H2,3-8H3. The van der Waals surface area contributed by atoms with Gasteiger partial charge in [-0.2, -0.15) is 0 Å². The van der Waals surface area contributed by atoms with Crippen LogP contribution in [0.15, 0.2) is 61.7 Å². The number of nitrogens with zero attached hydrogens (tertiary/aromatic N) is 3. The third kappa shape index (κ3) is 5.66. The van der Waals surface area contributed by atoms with Crippen molar-refractivity contribution in [3.63, 3.8) is 0 Å². The first-order valence-corrected chi connectivity index (χ1v) is 17.7. The van der Waals surface area contributed by atoms with Gasteiger partial charge in [-0.25, -0.2) is 4.98 Å². The van der Waals surface area contributed by atoms with Gasteiger partial charge in [-0.05, 0) is 87.5 Å². The molecule has 1 aliphatic carbocycles. The smallest absolute Gasteiger partial charge is 0.231 e. The van der Waals surface area contributed by atoms with E-state index in [9.17, 15) is 0 Å². The first-order valence-electron chi connectivity index (χ1n) is 14.8. The molecule has 5 rings (SSSR count). The number of aromatic nitrogens is 3. The fourth-order valence-electron chi connectivity index (χ4n) is 5.99. The van der Waals surface area contributed by atoms with Gasteiger partial charge in [0.25, 0.3) is 0 Å². The topological polar surface area (TPSA) is 58.4 Å². The van der Waals surface area contributed by atoms with E-state index in [1.54, 1.807) is 0 Å². The molecule has 0 unspecified atom stereocenters.